The molecule has 0 atom stereocenters. The number of hydrogen-bond acceptors (Lipinski definition) is 3. The minimum absolute atomic E-state index is 0.216. The van der Waals surface area contributed by atoms with Gasteiger partial charge in [-0.3, -0.25) is 5.32 Å². The molecule has 0 aliphatic rings. The molecule has 0 saturated carbocycles. The molecule has 1 rings (SSSR count). The molecular formula is C12H15BrN2O2S. The Hall–Kier alpha value is -1.14. The van der Waals surface area contributed by atoms with E-state index in [1.54, 1.807) is 39.0 Å². The van der Waals surface area contributed by atoms with Crippen molar-refractivity contribution in [3.05, 3.63) is 28.2 Å². The Balaban J connectivity index is 2.93. The van der Waals surface area contributed by atoms with Crippen LogP contribution in [-0.4, -0.2) is 16.7 Å². The molecule has 0 radical (unpaired) electrons. The highest BCUT2D eigenvalue weighted by molar-refractivity contribution is 9.10. The monoisotopic (exact) mass is 330 g/mol. The van der Waals surface area contributed by atoms with Gasteiger partial charge in [0.15, 0.2) is 0 Å². The number of hydrogen-bond donors (Lipinski definition) is 2. The zero-order valence-corrected chi connectivity index (χ0v) is 12.8. The van der Waals surface area contributed by atoms with Gasteiger partial charge in [0.2, 0.25) is 0 Å². The molecule has 0 aliphatic heterocycles. The molecule has 1 aromatic carbocycles. The number of thiocarbonyl (C=S) groups is 1. The van der Waals surface area contributed by atoms with E-state index in [1.165, 1.54) is 0 Å². The molecule has 3 N–H and O–H groups in total. The summed E-state index contributed by atoms with van der Waals surface area (Å²) in [5, 5.41) is 2.63. The summed E-state index contributed by atoms with van der Waals surface area (Å²) in [7, 11) is 0. The van der Waals surface area contributed by atoms with E-state index in [4.69, 9.17) is 22.7 Å². The van der Waals surface area contributed by atoms with E-state index in [1.807, 2.05) is 0 Å². The summed E-state index contributed by atoms with van der Waals surface area (Å²) in [5.74, 6) is 0. The Morgan fingerprint density at radius 1 is 1.44 bits per heavy atom. The molecular weight excluding hydrogens is 316 g/mol. The van der Waals surface area contributed by atoms with Crippen LogP contribution in [0, 0.1) is 0 Å². The largest absolute Gasteiger partial charge is 0.444 e. The van der Waals surface area contributed by atoms with Crippen molar-refractivity contribution in [1.82, 2.24) is 0 Å². The number of nitrogens with one attached hydrogen (secondary N) is 1. The third-order valence-electron chi connectivity index (χ3n) is 1.88. The van der Waals surface area contributed by atoms with Gasteiger partial charge in [0.25, 0.3) is 0 Å². The smallest absolute Gasteiger partial charge is 0.412 e. The van der Waals surface area contributed by atoms with Gasteiger partial charge in [-0.25, -0.2) is 4.79 Å². The van der Waals surface area contributed by atoms with E-state index in [0.717, 1.165) is 4.47 Å². The van der Waals surface area contributed by atoms with Gasteiger partial charge in [-0.1, -0.05) is 28.1 Å². The minimum atomic E-state index is -0.556. The fraction of sp³-hybridized carbons (Fsp3) is 0.333. The Kier molecular flexibility index (Phi) is 4.70. The van der Waals surface area contributed by atoms with Crippen molar-refractivity contribution < 1.29 is 9.53 Å². The Labute approximate surface area is 120 Å². The van der Waals surface area contributed by atoms with Crippen molar-refractivity contribution >= 4 is 44.9 Å². The second-order valence-electron chi connectivity index (χ2n) is 4.68. The number of nitrogens with two attached hydrogens (primary N) is 1. The summed E-state index contributed by atoms with van der Waals surface area (Å²) in [6.45, 7) is 5.38. The highest BCUT2D eigenvalue weighted by atomic mass is 79.9. The molecule has 18 heavy (non-hydrogen) atoms. The summed E-state index contributed by atoms with van der Waals surface area (Å²) in [6, 6.07) is 5.26. The lowest BCUT2D eigenvalue weighted by molar-refractivity contribution is 0.0636. The van der Waals surface area contributed by atoms with Crippen LogP contribution >= 0.6 is 28.1 Å². The van der Waals surface area contributed by atoms with E-state index < -0.39 is 11.7 Å². The van der Waals surface area contributed by atoms with Gasteiger partial charge < -0.3 is 10.5 Å². The third-order valence-corrected chi connectivity index (χ3v) is 2.60. The van der Waals surface area contributed by atoms with Crippen molar-refractivity contribution in [2.75, 3.05) is 5.32 Å². The lowest BCUT2D eigenvalue weighted by atomic mass is 10.2. The van der Waals surface area contributed by atoms with Crippen LogP contribution in [0.15, 0.2) is 22.7 Å². The van der Waals surface area contributed by atoms with Crippen LogP contribution in [0.2, 0.25) is 0 Å². The number of carbonyl (C=O) groups excluding carboxylic acids is 1. The van der Waals surface area contributed by atoms with Crippen molar-refractivity contribution in [3.63, 3.8) is 0 Å². The van der Waals surface area contributed by atoms with E-state index in [0.29, 0.717) is 11.3 Å². The number of carbonyl (C=O) groups is 1. The van der Waals surface area contributed by atoms with Gasteiger partial charge in [0.05, 0.1) is 5.69 Å². The number of anilines is 1. The molecule has 0 bridgehead atoms. The molecule has 0 fully saturated rings. The summed E-state index contributed by atoms with van der Waals surface area (Å²) in [4.78, 5) is 11.9. The number of benzene rings is 1. The molecule has 1 amide bonds. The van der Waals surface area contributed by atoms with Crippen LogP contribution in [0.3, 0.4) is 0 Å². The maximum absolute atomic E-state index is 11.7. The summed E-state index contributed by atoms with van der Waals surface area (Å²) in [5.41, 5.74) is 6.15. The second kappa shape index (κ2) is 5.67. The predicted octanol–water partition coefficient (Wildman–Crippen LogP) is 3.43. The van der Waals surface area contributed by atoms with Crippen LogP contribution in [0.1, 0.15) is 26.3 Å². The van der Waals surface area contributed by atoms with Crippen LogP contribution in [-0.2, 0) is 4.74 Å². The number of amides is 1. The van der Waals surface area contributed by atoms with Gasteiger partial charge in [0, 0.05) is 10.0 Å². The highest BCUT2D eigenvalue weighted by Crippen LogP contribution is 2.22. The molecule has 0 heterocycles. The number of ether oxygens (including phenoxy) is 1. The average molecular weight is 331 g/mol. The quantitative estimate of drug-likeness (QED) is 0.815. The van der Waals surface area contributed by atoms with Crippen LogP contribution < -0.4 is 11.1 Å². The fourth-order valence-corrected chi connectivity index (χ4v) is 1.79. The van der Waals surface area contributed by atoms with Crippen molar-refractivity contribution in [2.24, 2.45) is 5.73 Å². The Bertz CT molecular complexity index is 483. The van der Waals surface area contributed by atoms with Gasteiger partial charge >= 0.3 is 6.09 Å². The highest BCUT2D eigenvalue weighted by Gasteiger charge is 2.17. The number of halogens is 1. The van der Waals surface area contributed by atoms with Crippen molar-refractivity contribution in [2.45, 2.75) is 26.4 Å². The fourth-order valence-electron chi connectivity index (χ4n) is 1.25. The Morgan fingerprint density at radius 3 is 2.56 bits per heavy atom. The van der Waals surface area contributed by atoms with Crippen LogP contribution in [0.25, 0.3) is 0 Å². The lowest BCUT2D eigenvalue weighted by Crippen LogP contribution is -2.28. The normalized spacial score (nSPS) is 10.9. The third kappa shape index (κ3) is 4.62. The molecule has 0 saturated heterocycles. The molecule has 98 valence electrons. The van der Waals surface area contributed by atoms with E-state index in [9.17, 15) is 4.79 Å². The lowest BCUT2D eigenvalue weighted by Gasteiger charge is -2.20. The zero-order valence-electron chi connectivity index (χ0n) is 10.4. The van der Waals surface area contributed by atoms with E-state index in [2.05, 4.69) is 21.2 Å². The average Bonchev–Trinajstić information content (AvgIpc) is 2.13. The van der Waals surface area contributed by atoms with Gasteiger partial charge in [-0.15, -0.1) is 0 Å². The molecule has 0 unspecified atom stereocenters. The SMILES string of the molecule is CC(C)(C)OC(=O)Nc1cc(Br)ccc1C(N)=S. The minimum Gasteiger partial charge on any atom is -0.444 e. The Morgan fingerprint density at radius 2 is 2.06 bits per heavy atom. The molecule has 0 spiro atoms. The van der Waals surface area contributed by atoms with E-state index in [-0.39, 0.29) is 4.99 Å². The second-order valence-corrected chi connectivity index (χ2v) is 6.04. The maximum atomic E-state index is 11.7. The standard InChI is InChI=1S/C12H15BrN2O2S/c1-12(2,3)17-11(16)15-9-6-7(13)4-5-8(9)10(14)18/h4-6H,1-3H3,(H2,14,18)(H,15,16). The van der Waals surface area contributed by atoms with Gasteiger partial charge in [-0.2, -0.15) is 0 Å². The summed E-state index contributed by atoms with van der Waals surface area (Å²) >= 11 is 8.25. The first-order chi connectivity index (χ1) is 8.19. The zero-order chi connectivity index (χ0) is 13.9. The first-order valence-electron chi connectivity index (χ1n) is 5.28. The van der Waals surface area contributed by atoms with Crippen LogP contribution in [0.5, 0.6) is 0 Å². The van der Waals surface area contributed by atoms with E-state index >= 15 is 0 Å². The van der Waals surface area contributed by atoms with Crippen molar-refractivity contribution in [3.8, 4) is 0 Å². The predicted molar refractivity (Wildman–Crippen MR) is 79.9 cm³/mol. The first-order valence-corrected chi connectivity index (χ1v) is 6.48. The molecule has 0 aromatic heterocycles. The molecule has 4 nitrogen and oxygen atoms in total. The summed E-state index contributed by atoms with van der Waals surface area (Å²) in [6.07, 6.45) is -0.543. The maximum Gasteiger partial charge on any atom is 0.412 e. The molecule has 0 aliphatic carbocycles. The molecule has 6 heteroatoms. The van der Waals surface area contributed by atoms with Crippen molar-refractivity contribution in [1.29, 1.82) is 0 Å². The van der Waals surface area contributed by atoms with Gasteiger partial charge in [0.1, 0.15) is 10.6 Å². The van der Waals surface area contributed by atoms with Gasteiger partial charge in [-0.05, 0) is 39.0 Å². The topological polar surface area (TPSA) is 64.3 Å². The number of rotatable bonds is 2. The molecule has 1 aromatic rings. The first kappa shape index (κ1) is 14.9. The van der Waals surface area contributed by atoms with Crippen LogP contribution in [0.4, 0.5) is 10.5 Å². The summed E-state index contributed by atoms with van der Waals surface area (Å²) < 4.78 is 5.98.